The number of pyridine rings is 1. The van der Waals surface area contributed by atoms with Gasteiger partial charge in [0.1, 0.15) is 11.9 Å². The van der Waals surface area contributed by atoms with E-state index in [1.807, 2.05) is 37.4 Å². The number of amides is 3. The van der Waals surface area contributed by atoms with Gasteiger partial charge in [-0.2, -0.15) is 5.10 Å². The molecule has 40 heavy (non-hydrogen) atoms. The van der Waals surface area contributed by atoms with Gasteiger partial charge in [0.25, 0.3) is 5.91 Å². The second-order valence-electron chi connectivity index (χ2n) is 11.5. The van der Waals surface area contributed by atoms with Gasteiger partial charge in [-0.05, 0) is 73.9 Å². The molecular formula is C30H33N7O3. The van der Waals surface area contributed by atoms with Gasteiger partial charge in [0, 0.05) is 55.5 Å². The molecule has 7 rings (SSSR count). The first-order valence-electron chi connectivity index (χ1n) is 14.2. The zero-order valence-electron chi connectivity index (χ0n) is 22.5. The SMILES string of the molecule is CNc1cccc(-c2cn([C@H]3C[C@H](CNc4ccc5c(c4)CN(C4CCC(=O)NC4=O)C5=O)C3)nc2C2CC2)n1. The molecule has 1 atom stereocenters. The molecule has 1 saturated heterocycles. The fourth-order valence-electron chi connectivity index (χ4n) is 6.20. The third-order valence-corrected chi connectivity index (χ3v) is 8.71. The molecule has 3 fully saturated rings. The van der Waals surface area contributed by atoms with E-state index in [0.717, 1.165) is 47.7 Å². The quantitative estimate of drug-likeness (QED) is 0.373. The number of piperidine rings is 1. The van der Waals surface area contributed by atoms with E-state index in [1.165, 1.54) is 18.5 Å². The molecular weight excluding hydrogens is 506 g/mol. The Bertz CT molecular complexity index is 1500. The molecule has 10 heteroatoms. The summed E-state index contributed by atoms with van der Waals surface area (Å²) >= 11 is 0. The van der Waals surface area contributed by atoms with Crippen LogP contribution in [0.2, 0.25) is 0 Å². The molecule has 2 aromatic heterocycles. The molecule has 3 amide bonds. The average Bonchev–Trinajstić information content (AvgIpc) is 3.61. The number of nitrogens with one attached hydrogen (secondary N) is 3. The molecule has 1 aromatic carbocycles. The van der Waals surface area contributed by atoms with Gasteiger partial charge in [0.15, 0.2) is 0 Å². The van der Waals surface area contributed by atoms with Gasteiger partial charge in [-0.3, -0.25) is 24.4 Å². The number of rotatable bonds is 8. The molecule has 1 unspecified atom stereocenters. The summed E-state index contributed by atoms with van der Waals surface area (Å²) < 4.78 is 2.16. The fourth-order valence-corrected chi connectivity index (χ4v) is 6.20. The molecule has 2 saturated carbocycles. The molecule has 206 valence electrons. The van der Waals surface area contributed by atoms with Crippen molar-refractivity contribution < 1.29 is 14.4 Å². The van der Waals surface area contributed by atoms with Crippen molar-refractivity contribution in [3.05, 3.63) is 59.4 Å². The Balaban J connectivity index is 0.969. The van der Waals surface area contributed by atoms with Gasteiger partial charge < -0.3 is 15.5 Å². The van der Waals surface area contributed by atoms with E-state index in [-0.39, 0.29) is 24.1 Å². The van der Waals surface area contributed by atoms with Gasteiger partial charge in [0.05, 0.1) is 17.4 Å². The minimum absolute atomic E-state index is 0.144. The van der Waals surface area contributed by atoms with Crippen LogP contribution >= 0.6 is 0 Å². The molecule has 3 aromatic rings. The van der Waals surface area contributed by atoms with Crippen LogP contribution in [0, 0.1) is 5.92 Å². The second-order valence-corrected chi connectivity index (χ2v) is 11.5. The van der Waals surface area contributed by atoms with E-state index < -0.39 is 6.04 Å². The highest BCUT2D eigenvalue weighted by Crippen LogP contribution is 2.45. The number of benzene rings is 1. The Morgan fingerprint density at radius 1 is 1.05 bits per heavy atom. The number of nitrogens with zero attached hydrogens (tertiary/aromatic N) is 4. The van der Waals surface area contributed by atoms with Crippen LogP contribution in [0.25, 0.3) is 11.3 Å². The van der Waals surface area contributed by atoms with Crippen molar-refractivity contribution >= 4 is 29.2 Å². The Labute approximate surface area is 232 Å². The summed E-state index contributed by atoms with van der Waals surface area (Å²) in [7, 11) is 1.89. The maximum Gasteiger partial charge on any atom is 0.255 e. The number of carbonyl (C=O) groups is 3. The summed E-state index contributed by atoms with van der Waals surface area (Å²) in [5.74, 6) is 1.15. The van der Waals surface area contributed by atoms with Gasteiger partial charge in [0.2, 0.25) is 11.8 Å². The summed E-state index contributed by atoms with van der Waals surface area (Å²) in [4.78, 5) is 43.1. The molecule has 10 nitrogen and oxygen atoms in total. The van der Waals surface area contributed by atoms with Crippen molar-refractivity contribution in [2.24, 2.45) is 5.92 Å². The molecule has 0 spiro atoms. The molecule has 2 aliphatic carbocycles. The van der Waals surface area contributed by atoms with Crippen LogP contribution in [-0.4, -0.2) is 57.0 Å². The second kappa shape index (κ2) is 9.76. The Morgan fingerprint density at radius 3 is 2.67 bits per heavy atom. The zero-order valence-corrected chi connectivity index (χ0v) is 22.5. The Hall–Kier alpha value is -4.21. The van der Waals surface area contributed by atoms with Crippen molar-refractivity contribution in [1.29, 1.82) is 0 Å². The maximum absolute atomic E-state index is 12.9. The first kappa shape index (κ1) is 24.8. The van der Waals surface area contributed by atoms with Gasteiger partial charge in [-0.15, -0.1) is 0 Å². The molecule has 0 bridgehead atoms. The number of anilines is 2. The van der Waals surface area contributed by atoms with Crippen LogP contribution in [0.4, 0.5) is 11.5 Å². The van der Waals surface area contributed by atoms with E-state index in [4.69, 9.17) is 10.1 Å². The number of hydrogen-bond acceptors (Lipinski definition) is 7. The van der Waals surface area contributed by atoms with Crippen LogP contribution in [0.5, 0.6) is 0 Å². The predicted molar refractivity (Wildman–Crippen MR) is 150 cm³/mol. The first-order valence-corrected chi connectivity index (χ1v) is 14.2. The Kier molecular flexibility index (Phi) is 6.05. The summed E-state index contributed by atoms with van der Waals surface area (Å²) in [6.07, 6.45) is 7.35. The smallest absolute Gasteiger partial charge is 0.255 e. The molecule has 4 aliphatic rings. The summed E-state index contributed by atoms with van der Waals surface area (Å²) in [6.45, 7) is 1.24. The van der Waals surface area contributed by atoms with Crippen LogP contribution in [0.3, 0.4) is 0 Å². The fraction of sp³-hybridized carbons (Fsp3) is 0.433. The lowest BCUT2D eigenvalue weighted by molar-refractivity contribution is -0.136. The first-order chi connectivity index (χ1) is 19.5. The van der Waals surface area contributed by atoms with Crippen molar-refractivity contribution in [2.75, 3.05) is 24.2 Å². The normalized spacial score (nSPS) is 24.0. The van der Waals surface area contributed by atoms with Crippen molar-refractivity contribution in [3.63, 3.8) is 0 Å². The molecule has 0 radical (unpaired) electrons. The average molecular weight is 540 g/mol. The maximum atomic E-state index is 12.9. The minimum Gasteiger partial charge on any atom is -0.385 e. The molecule has 4 heterocycles. The summed E-state index contributed by atoms with van der Waals surface area (Å²) in [6, 6.07) is 11.7. The lowest BCUT2D eigenvalue weighted by atomic mass is 9.80. The lowest BCUT2D eigenvalue weighted by Crippen LogP contribution is -2.52. The van der Waals surface area contributed by atoms with Crippen LogP contribution in [0.1, 0.15) is 72.1 Å². The molecule has 2 aliphatic heterocycles. The standard InChI is InChI=1S/C30H33N7O3/c1-31-26-4-2-3-24(33-26)23-16-37(35-28(23)18-5-6-18)21-11-17(12-21)14-32-20-7-8-22-19(13-20)15-36(30(22)40)25-9-10-27(38)34-29(25)39/h2-4,7-8,13,16-18,21,25,32H,5-6,9-12,14-15H2,1H3,(H,31,33)(H,34,38,39)/t17-,21-,25?. The van der Waals surface area contributed by atoms with Crippen LogP contribution < -0.4 is 16.0 Å². The number of hydrogen-bond donors (Lipinski definition) is 3. The zero-order chi connectivity index (χ0) is 27.4. The monoisotopic (exact) mass is 539 g/mol. The number of aromatic nitrogens is 3. The van der Waals surface area contributed by atoms with Crippen molar-refractivity contribution in [1.82, 2.24) is 25.0 Å². The third kappa shape index (κ3) is 4.51. The van der Waals surface area contributed by atoms with Crippen molar-refractivity contribution in [3.8, 4) is 11.3 Å². The van der Waals surface area contributed by atoms with Gasteiger partial charge in [-0.1, -0.05) is 6.07 Å². The van der Waals surface area contributed by atoms with E-state index in [0.29, 0.717) is 36.4 Å². The topological polar surface area (TPSA) is 121 Å². The van der Waals surface area contributed by atoms with Crippen molar-refractivity contribution in [2.45, 2.75) is 63.1 Å². The highest BCUT2D eigenvalue weighted by Gasteiger charge is 2.39. The van der Waals surface area contributed by atoms with E-state index in [9.17, 15) is 14.4 Å². The predicted octanol–water partition coefficient (Wildman–Crippen LogP) is 3.69. The lowest BCUT2D eigenvalue weighted by Gasteiger charge is -2.35. The summed E-state index contributed by atoms with van der Waals surface area (Å²) in [5, 5.41) is 14.1. The third-order valence-electron chi connectivity index (χ3n) is 8.71. The highest BCUT2D eigenvalue weighted by atomic mass is 16.2. The van der Waals surface area contributed by atoms with E-state index >= 15 is 0 Å². The van der Waals surface area contributed by atoms with Gasteiger partial charge >= 0.3 is 0 Å². The number of fused-ring (bicyclic) bond motifs is 1. The largest absolute Gasteiger partial charge is 0.385 e. The summed E-state index contributed by atoms with van der Waals surface area (Å²) in [5.41, 5.74) is 5.84. The van der Waals surface area contributed by atoms with E-state index in [1.54, 1.807) is 4.90 Å². The van der Waals surface area contributed by atoms with Crippen LogP contribution in [-0.2, 0) is 16.1 Å². The van der Waals surface area contributed by atoms with E-state index in [2.05, 4.69) is 32.9 Å². The van der Waals surface area contributed by atoms with Crippen LogP contribution in [0.15, 0.2) is 42.6 Å². The number of carbonyl (C=O) groups excluding carboxylic acids is 3. The number of imide groups is 1. The minimum atomic E-state index is -0.591. The van der Waals surface area contributed by atoms with Gasteiger partial charge in [-0.25, -0.2) is 4.98 Å². The Morgan fingerprint density at radius 2 is 1.90 bits per heavy atom. The highest BCUT2D eigenvalue weighted by molar-refractivity contribution is 6.05. The molecule has 3 N–H and O–H groups in total.